The first kappa shape index (κ1) is 16.9. The minimum absolute atomic E-state index is 0.105. The molecule has 7 heteroatoms. The number of amides is 2. The molecule has 5 rings (SSSR count). The van der Waals surface area contributed by atoms with Gasteiger partial charge in [0.25, 0.3) is 11.8 Å². The predicted molar refractivity (Wildman–Crippen MR) is 105 cm³/mol. The lowest BCUT2D eigenvalue weighted by Gasteiger charge is -2.09. The molecule has 0 atom stereocenters. The van der Waals surface area contributed by atoms with Gasteiger partial charge in [0.1, 0.15) is 11.3 Å². The molecule has 2 amide bonds. The van der Waals surface area contributed by atoms with Crippen LogP contribution in [0.25, 0.3) is 11.2 Å². The highest BCUT2D eigenvalue weighted by molar-refractivity contribution is 6.11. The van der Waals surface area contributed by atoms with E-state index in [1.807, 2.05) is 19.1 Å². The van der Waals surface area contributed by atoms with E-state index in [2.05, 4.69) is 20.2 Å². The van der Waals surface area contributed by atoms with Gasteiger partial charge in [0.05, 0.1) is 5.56 Å². The van der Waals surface area contributed by atoms with Crippen LogP contribution in [0.1, 0.15) is 57.1 Å². The standard InChI is InChI=1S/C21H21N5O2/c1-12-9-16(18-19(23-12)26-8-4-2-3-5-17(26)25-18)21(28)24-14-7-6-13-11-22-20(27)15(13)10-14/h6-7,9-10H,2-5,8,11H2,1H3,(H,22,27)(H,24,28). The topological polar surface area (TPSA) is 88.9 Å². The minimum atomic E-state index is -0.234. The zero-order chi connectivity index (χ0) is 19.3. The first-order chi connectivity index (χ1) is 13.6. The van der Waals surface area contributed by atoms with E-state index < -0.39 is 0 Å². The van der Waals surface area contributed by atoms with Crippen LogP contribution in [0.4, 0.5) is 5.69 Å². The molecule has 2 aliphatic heterocycles. The zero-order valence-electron chi connectivity index (χ0n) is 15.7. The van der Waals surface area contributed by atoms with E-state index in [1.54, 1.807) is 12.1 Å². The third-order valence-corrected chi connectivity index (χ3v) is 5.49. The number of hydrogen-bond donors (Lipinski definition) is 2. The highest BCUT2D eigenvalue weighted by Crippen LogP contribution is 2.25. The fourth-order valence-electron chi connectivity index (χ4n) is 4.08. The highest BCUT2D eigenvalue weighted by atomic mass is 16.2. The van der Waals surface area contributed by atoms with Gasteiger partial charge in [-0.25, -0.2) is 9.97 Å². The van der Waals surface area contributed by atoms with E-state index in [4.69, 9.17) is 4.98 Å². The Morgan fingerprint density at radius 3 is 2.96 bits per heavy atom. The van der Waals surface area contributed by atoms with Crippen LogP contribution in [-0.4, -0.2) is 26.3 Å². The Morgan fingerprint density at radius 1 is 1.18 bits per heavy atom. The molecule has 0 spiro atoms. The summed E-state index contributed by atoms with van der Waals surface area (Å²) in [5.74, 6) is 0.669. The summed E-state index contributed by atoms with van der Waals surface area (Å²) in [4.78, 5) is 34.4. The summed E-state index contributed by atoms with van der Waals surface area (Å²) in [5.41, 5.74) is 4.91. The van der Waals surface area contributed by atoms with Crippen molar-refractivity contribution in [3.63, 3.8) is 0 Å². The van der Waals surface area contributed by atoms with E-state index in [9.17, 15) is 9.59 Å². The third kappa shape index (κ3) is 2.74. The average Bonchev–Trinajstić information content (AvgIpc) is 3.12. The molecule has 4 heterocycles. The lowest BCUT2D eigenvalue weighted by molar-refractivity contribution is 0.0964. The number of nitrogens with zero attached hydrogens (tertiary/aromatic N) is 3. The Hall–Kier alpha value is -3.22. The van der Waals surface area contributed by atoms with Gasteiger partial charge in [-0.3, -0.25) is 9.59 Å². The van der Waals surface area contributed by atoms with Crippen LogP contribution in [0.5, 0.6) is 0 Å². The zero-order valence-corrected chi connectivity index (χ0v) is 15.7. The van der Waals surface area contributed by atoms with Crippen molar-refractivity contribution in [2.75, 3.05) is 5.32 Å². The fourth-order valence-corrected chi connectivity index (χ4v) is 4.08. The number of pyridine rings is 1. The Bertz CT molecular complexity index is 1130. The Morgan fingerprint density at radius 2 is 2.07 bits per heavy atom. The molecule has 0 fully saturated rings. The normalized spacial score (nSPS) is 15.7. The fraction of sp³-hybridized carbons (Fsp3) is 0.333. The molecule has 0 radical (unpaired) electrons. The SMILES string of the molecule is Cc1cc(C(=O)Nc2ccc3c(c2)C(=O)NC3)c2nc3n(c2n1)CCCCC3. The second-order valence-electron chi connectivity index (χ2n) is 7.48. The van der Waals surface area contributed by atoms with Gasteiger partial charge in [-0.05, 0) is 43.5 Å². The molecule has 0 saturated carbocycles. The summed E-state index contributed by atoms with van der Waals surface area (Å²) < 4.78 is 2.16. The van der Waals surface area contributed by atoms with E-state index in [-0.39, 0.29) is 11.8 Å². The largest absolute Gasteiger partial charge is 0.348 e. The Balaban J connectivity index is 1.53. The summed E-state index contributed by atoms with van der Waals surface area (Å²) in [6.07, 6.45) is 4.32. The molecule has 0 unspecified atom stereocenters. The minimum Gasteiger partial charge on any atom is -0.348 e. The first-order valence-electron chi connectivity index (χ1n) is 9.69. The molecule has 3 aromatic rings. The average molecular weight is 375 g/mol. The van der Waals surface area contributed by atoms with Gasteiger partial charge in [-0.2, -0.15) is 0 Å². The third-order valence-electron chi connectivity index (χ3n) is 5.49. The molecule has 2 aromatic heterocycles. The second-order valence-corrected chi connectivity index (χ2v) is 7.48. The molecule has 28 heavy (non-hydrogen) atoms. The quantitative estimate of drug-likeness (QED) is 0.721. The molecule has 0 saturated heterocycles. The maximum atomic E-state index is 13.1. The molecule has 142 valence electrons. The van der Waals surface area contributed by atoms with Crippen LogP contribution in [0.3, 0.4) is 0 Å². The molecule has 1 aromatic carbocycles. The Kier molecular flexibility index (Phi) is 3.89. The van der Waals surface area contributed by atoms with E-state index in [1.165, 1.54) is 6.42 Å². The van der Waals surface area contributed by atoms with Crippen LogP contribution in [0, 0.1) is 6.92 Å². The number of benzene rings is 1. The molecule has 0 bridgehead atoms. The summed E-state index contributed by atoms with van der Waals surface area (Å²) in [6.45, 7) is 3.32. The van der Waals surface area contributed by atoms with Gasteiger partial charge < -0.3 is 15.2 Å². The maximum absolute atomic E-state index is 13.1. The number of rotatable bonds is 2. The highest BCUT2D eigenvalue weighted by Gasteiger charge is 2.22. The van der Waals surface area contributed by atoms with Crippen molar-refractivity contribution in [1.82, 2.24) is 19.9 Å². The Labute approximate surface area is 162 Å². The van der Waals surface area contributed by atoms with Crippen molar-refractivity contribution in [3.05, 3.63) is 52.5 Å². The lowest BCUT2D eigenvalue weighted by Crippen LogP contribution is -2.15. The number of hydrogen-bond acceptors (Lipinski definition) is 4. The lowest BCUT2D eigenvalue weighted by atomic mass is 10.1. The molecule has 2 aliphatic rings. The number of fused-ring (bicyclic) bond motifs is 4. The van der Waals surface area contributed by atoms with Gasteiger partial charge in [0.2, 0.25) is 0 Å². The monoisotopic (exact) mass is 375 g/mol. The van der Waals surface area contributed by atoms with Crippen molar-refractivity contribution in [1.29, 1.82) is 0 Å². The first-order valence-corrected chi connectivity index (χ1v) is 9.69. The van der Waals surface area contributed by atoms with E-state index in [0.717, 1.165) is 48.5 Å². The van der Waals surface area contributed by atoms with Gasteiger partial charge in [0, 0.05) is 36.5 Å². The van der Waals surface area contributed by atoms with Crippen LogP contribution < -0.4 is 10.6 Å². The van der Waals surface area contributed by atoms with Gasteiger partial charge in [-0.15, -0.1) is 0 Å². The van der Waals surface area contributed by atoms with Crippen molar-refractivity contribution in [3.8, 4) is 0 Å². The number of aromatic nitrogens is 3. The van der Waals surface area contributed by atoms with Crippen molar-refractivity contribution in [2.24, 2.45) is 0 Å². The van der Waals surface area contributed by atoms with Gasteiger partial charge in [-0.1, -0.05) is 12.5 Å². The van der Waals surface area contributed by atoms with Crippen LogP contribution in [-0.2, 0) is 19.5 Å². The van der Waals surface area contributed by atoms with Crippen molar-refractivity contribution >= 4 is 28.7 Å². The second kappa shape index (κ2) is 6.44. The predicted octanol–water partition coefficient (Wildman–Crippen LogP) is 2.96. The smallest absolute Gasteiger partial charge is 0.258 e. The summed E-state index contributed by atoms with van der Waals surface area (Å²) in [6, 6.07) is 7.20. The summed E-state index contributed by atoms with van der Waals surface area (Å²) in [7, 11) is 0. The van der Waals surface area contributed by atoms with Crippen molar-refractivity contribution < 1.29 is 9.59 Å². The molecule has 7 nitrogen and oxygen atoms in total. The summed E-state index contributed by atoms with van der Waals surface area (Å²) >= 11 is 0. The number of carbonyl (C=O) groups is 2. The summed E-state index contributed by atoms with van der Waals surface area (Å²) in [5, 5.41) is 5.71. The van der Waals surface area contributed by atoms with Crippen LogP contribution in [0.2, 0.25) is 0 Å². The number of nitrogens with one attached hydrogen (secondary N) is 2. The number of aryl methyl sites for hydroxylation is 3. The molecule has 0 aliphatic carbocycles. The maximum Gasteiger partial charge on any atom is 0.258 e. The molecular weight excluding hydrogens is 354 g/mol. The van der Waals surface area contributed by atoms with Crippen molar-refractivity contribution in [2.45, 2.75) is 45.7 Å². The van der Waals surface area contributed by atoms with E-state index in [0.29, 0.717) is 28.9 Å². The molecule has 2 N–H and O–H groups in total. The van der Waals surface area contributed by atoms with Gasteiger partial charge >= 0.3 is 0 Å². The van der Waals surface area contributed by atoms with E-state index >= 15 is 0 Å². The number of imidazole rings is 1. The number of carbonyl (C=O) groups excluding carboxylic acids is 2. The van der Waals surface area contributed by atoms with Crippen LogP contribution >= 0.6 is 0 Å². The van der Waals surface area contributed by atoms with Crippen LogP contribution in [0.15, 0.2) is 24.3 Å². The molecular formula is C21H21N5O2. The number of anilines is 1. The van der Waals surface area contributed by atoms with Gasteiger partial charge in [0.15, 0.2) is 5.65 Å².